The molecule has 0 radical (unpaired) electrons. The highest BCUT2D eigenvalue weighted by atomic mass is 35.5. The van der Waals surface area contributed by atoms with E-state index in [4.69, 9.17) is 16.7 Å². The van der Waals surface area contributed by atoms with Crippen molar-refractivity contribution in [2.75, 3.05) is 6.61 Å². The van der Waals surface area contributed by atoms with Crippen molar-refractivity contribution in [3.8, 4) is 0 Å². The number of hydrogen-bond donors (Lipinski definition) is 1. The number of halogens is 1. The SMILES string of the molecule is Cn1c(=O)n(CCO)c2c(Cl)cccc21. The van der Waals surface area contributed by atoms with E-state index in [1.807, 2.05) is 6.07 Å². The molecule has 1 aromatic heterocycles. The van der Waals surface area contributed by atoms with Crippen molar-refractivity contribution < 1.29 is 5.11 Å². The molecule has 0 atom stereocenters. The van der Waals surface area contributed by atoms with Crippen LogP contribution >= 0.6 is 11.6 Å². The molecule has 15 heavy (non-hydrogen) atoms. The Morgan fingerprint density at radius 1 is 1.47 bits per heavy atom. The van der Waals surface area contributed by atoms with E-state index in [0.717, 1.165) is 5.52 Å². The minimum Gasteiger partial charge on any atom is -0.395 e. The minimum absolute atomic E-state index is 0.0791. The summed E-state index contributed by atoms with van der Waals surface area (Å²) < 4.78 is 3.01. The Bertz CT molecular complexity index is 556. The van der Waals surface area contributed by atoms with Crippen molar-refractivity contribution in [1.82, 2.24) is 9.13 Å². The van der Waals surface area contributed by atoms with Gasteiger partial charge >= 0.3 is 5.69 Å². The fourth-order valence-electron chi connectivity index (χ4n) is 1.73. The zero-order valence-corrected chi connectivity index (χ0v) is 9.03. The van der Waals surface area contributed by atoms with E-state index in [0.29, 0.717) is 10.5 Å². The number of aryl methyl sites for hydroxylation is 1. The van der Waals surface area contributed by atoms with Crippen LogP contribution in [0.5, 0.6) is 0 Å². The molecule has 0 aliphatic rings. The second-order valence-corrected chi connectivity index (χ2v) is 3.73. The van der Waals surface area contributed by atoms with Gasteiger partial charge < -0.3 is 5.11 Å². The lowest BCUT2D eigenvalue weighted by Gasteiger charge is -2.00. The fourth-order valence-corrected chi connectivity index (χ4v) is 2.00. The number of hydrogen-bond acceptors (Lipinski definition) is 2. The van der Waals surface area contributed by atoms with Gasteiger partial charge in [-0.3, -0.25) is 9.13 Å². The van der Waals surface area contributed by atoms with Crippen LogP contribution in [0.3, 0.4) is 0 Å². The van der Waals surface area contributed by atoms with E-state index in [1.54, 1.807) is 19.2 Å². The number of aliphatic hydroxyl groups is 1. The van der Waals surface area contributed by atoms with Gasteiger partial charge in [0.1, 0.15) is 0 Å². The van der Waals surface area contributed by atoms with Crippen LogP contribution in [0, 0.1) is 0 Å². The summed E-state index contributed by atoms with van der Waals surface area (Å²) in [7, 11) is 1.69. The summed E-state index contributed by atoms with van der Waals surface area (Å²) in [6.45, 7) is 0.185. The summed E-state index contributed by atoms with van der Waals surface area (Å²) in [5, 5.41) is 9.42. The summed E-state index contributed by atoms with van der Waals surface area (Å²) in [6, 6.07) is 5.36. The third-order valence-corrected chi connectivity index (χ3v) is 2.74. The first kappa shape index (κ1) is 10.3. The van der Waals surface area contributed by atoms with Crippen LogP contribution in [-0.2, 0) is 13.6 Å². The van der Waals surface area contributed by atoms with Crippen LogP contribution in [-0.4, -0.2) is 20.8 Å². The first-order chi connectivity index (χ1) is 7.16. The molecular weight excluding hydrogens is 216 g/mol. The average Bonchev–Trinajstić information content (AvgIpc) is 2.46. The van der Waals surface area contributed by atoms with Crippen molar-refractivity contribution in [3.05, 3.63) is 33.7 Å². The zero-order chi connectivity index (χ0) is 11.0. The maximum absolute atomic E-state index is 11.8. The molecule has 5 heteroatoms. The molecule has 2 aromatic rings. The normalized spacial score (nSPS) is 11.1. The van der Waals surface area contributed by atoms with E-state index >= 15 is 0 Å². The van der Waals surface area contributed by atoms with Gasteiger partial charge in [-0.15, -0.1) is 0 Å². The topological polar surface area (TPSA) is 47.2 Å². The van der Waals surface area contributed by atoms with Crippen LogP contribution in [0.2, 0.25) is 5.02 Å². The van der Waals surface area contributed by atoms with Crippen molar-refractivity contribution in [3.63, 3.8) is 0 Å². The van der Waals surface area contributed by atoms with Crippen molar-refractivity contribution in [1.29, 1.82) is 0 Å². The van der Waals surface area contributed by atoms with Crippen LogP contribution < -0.4 is 5.69 Å². The third kappa shape index (κ3) is 1.46. The van der Waals surface area contributed by atoms with Crippen molar-refractivity contribution >= 4 is 22.6 Å². The van der Waals surface area contributed by atoms with Gasteiger partial charge in [-0.1, -0.05) is 17.7 Å². The molecule has 1 N–H and O–H groups in total. The van der Waals surface area contributed by atoms with E-state index in [9.17, 15) is 4.79 Å². The molecule has 1 heterocycles. The lowest BCUT2D eigenvalue weighted by molar-refractivity contribution is 0.275. The Kier molecular flexibility index (Phi) is 2.54. The van der Waals surface area contributed by atoms with E-state index < -0.39 is 0 Å². The molecule has 0 fully saturated rings. The van der Waals surface area contributed by atoms with Gasteiger partial charge in [0.05, 0.1) is 29.2 Å². The summed E-state index contributed by atoms with van der Waals surface area (Å²) in [5.74, 6) is 0. The van der Waals surface area contributed by atoms with Gasteiger partial charge in [0, 0.05) is 7.05 Å². The highest BCUT2D eigenvalue weighted by Gasteiger charge is 2.12. The molecule has 0 bridgehead atoms. The van der Waals surface area contributed by atoms with Gasteiger partial charge in [-0.2, -0.15) is 0 Å². The number of aromatic nitrogens is 2. The fraction of sp³-hybridized carbons (Fsp3) is 0.300. The van der Waals surface area contributed by atoms with Gasteiger partial charge in [-0.05, 0) is 12.1 Å². The van der Waals surface area contributed by atoms with Crippen LogP contribution in [0.15, 0.2) is 23.0 Å². The molecule has 0 spiro atoms. The van der Waals surface area contributed by atoms with E-state index in [1.165, 1.54) is 9.13 Å². The number of imidazole rings is 1. The van der Waals surface area contributed by atoms with Gasteiger partial charge in [0.25, 0.3) is 0 Å². The highest BCUT2D eigenvalue weighted by Crippen LogP contribution is 2.21. The maximum atomic E-state index is 11.8. The number of nitrogens with zero attached hydrogens (tertiary/aromatic N) is 2. The van der Waals surface area contributed by atoms with Gasteiger partial charge in [0.2, 0.25) is 0 Å². The highest BCUT2D eigenvalue weighted by molar-refractivity contribution is 6.35. The summed E-state index contributed by atoms with van der Waals surface area (Å²) in [5.41, 5.74) is 1.30. The van der Waals surface area contributed by atoms with E-state index in [-0.39, 0.29) is 18.8 Å². The molecular formula is C10H11ClN2O2. The zero-order valence-electron chi connectivity index (χ0n) is 8.27. The lowest BCUT2D eigenvalue weighted by atomic mass is 10.3. The third-order valence-electron chi connectivity index (χ3n) is 2.44. The number of aliphatic hydroxyl groups excluding tert-OH is 1. The molecule has 0 saturated carbocycles. The number of para-hydroxylation sites is 1. The second-order valence-electron chi connectivity index (χ2n) is 3.32. The Morgan fingerprint density at radius 3 is 2.87 bits per heavy atom. The van der Waals surface area contributed by atoms with Crippen molar-refractivity contribution in [2.24, 2.45) is 7.05 Å². The summed E-state index contributed by atoms with van der Waals surface area (Å²) in [6.07, 6.45) is 0. The molecule has 0 aliphatic heterocycles. The molecule has 1 aromatic carbocycles. The monoisotopic (exact) mass is 226 g/mol. The van der Waals surface area contributed by atoms with Crippen LogP contribution in [0.25, 0.3) is 11.0 Å². The average molecular weight is 227 g/mol. The van der Waals surface area contributed by atoms with Crippen molar-refractivity contribution in [2.45, 2.75) is 6.54 Å². The number of fused-ring (bicyclic) bond motifs is 1. The molecule has 4 nitrogen and oxygen atoms in total. The predicted molar refractivity (Wildman–Crippen MR) is 59.3 cm³/mol. The number of rotatable bonds is 2. The minimum atomic E-state index is -0.160. The second kappa shape index (κ2) is 3.72. The summed E-state index contributed by atoms with van der Waals surface area (Å²) >= 11 is 6.03. The Morgan fingerprint density at radius 2 is 2.20 bits per heavy atom. The van der Waals surface area contributed by atoms with Crippen LogP contribution in [0.4, 0.5) is 0 Å². The van der Waals surface area contributed by atoms with Gasteiger partial charge in [0.15, 0.2) is 0 Å². The van der Waals surface area contributed by atoms with Gasteiger partial charge in [-0.25, -0.2) is 4.79 Å². The predicted octanol–water partition coefficient (Wildman–Crippen LogP) is 0.986. The molecule has 0 saturated heterocycles. The first-order valence-electron chi connectivity index (χ1n) is 4.61. The molecule has 2 rings (SSSR count). The van der Waals surface area contributed by atoms with Crippen LogP contribution in [0.1, 0.15) is 0 Å². The first-order valence-corrected chi connectivity index (χ1v) is 4.99. The maximum Gasteiger partial charge on any atom is 0.328 e. The molecule has 0 amide bonds. The quantitative estimate of drug-likeness (QED) is 0.830. The summed E-state index contributed by atoms with van der Waals surface area (Å²) in [4.78, 5) is 11.8. The number of benzene rings is 1. The molecule has 0 unspecified atom stereocenters. The Balaban J connectivity index is 2.89. The Labute approximate surface area is 91.3 Å². The lowest BCUT2D eigenvalue weighted by Crippen LogP contribution is -2.23. The molecule has 0 aliphatic carbocycles. The smallest absolute Gasteiger partial charge is 0.328 e. The molecule has 80 valence electrons. The van der Waals surface area contributed by atoms with E-state index in [2.05, 4.69) is 0 Å². The Hall–Kier alpha value is -1.26. The standard InChI is InChI=1S/C10H11ClN2O2/c1-12-8-4-2-3-7(11)9(8)13(5-6-14)10(12)15/h2-4,14H,5-6H2,1H3. The largest absolute Gasteiger partial charge is 0.395 e.